The first-order valence-corrected chi connectivity index (χ1v) is 6.36. The molecule has 4 nitrogen and oxygen atoms in total. The molecule has 2 rings (SSSR count). The molecule has 0 saturated heterocycles. The van der Waals surface area contributed by atoms with Gasteiger partial charge in [-0.05, 0) is 12.3 Å². The zero-order valence-corrected chi connectivity index (χ0v) is 9.30. The summed E-state index contributed by atoms with van der Waals surface area (Å²) in [5.74, 6) is -0.0294. The lowest BCUT2D eigenvalue weighted by molar-refractivity contribution is -0.154. The molecule has 0 amide bonds. The second kappa shape index (κ2) is 2.35. The van der Waals surface area contributed by atoms with Crippen LogP contribution in [0.5, 0.6) is 0 Å². The summed E-state index contributed by atoms with van der Waals surface area (Å²) in [5.41, 5.74) is -0.832. The van der Waals surface area contributed by atoms with Crippen LogP contribution in [-0.2, 0) is 14.9 Å². The summed E-state index contributed by atoms with van der Waals surface area (Å²) < 4.78 is 30.5. The molecule has 0 spiro atoms. The van der Waals surface area contributed by atoms with Crippen molar-refractivity contribution in [2.24, 2.45) is 11.3 Å². The summed E-state index contributed by atoms with van der Waals surface area (Å²) in [5, 5.41) is -0.883. The molecule has 0 aromatic carbocycles. The highest BCUT2D eigenvalue weighted by Gasteiger charge is 2.72. The number of alkyl halides is 1. The minimum Gasteiger partial charge on any atom is -0.298 e. The van der Waals surface area contributed by atoms with Crippen LogP contribution in [0.4, 0.5) is 0 Å². The topological polar surface area (TPSA) is 71.4 Å². The number of halogens is 1. The van der Waals surface area contributed by atoms with Gasteiger partial charge in [0.25, 0.3) is 10.1 Å². The molecule has 2 saturated carbocycles. The first-order chi connectivity index (χ1) is 5.79. The van der Waals surface area contributed by atoms with Gasteiger partial charge in [0.15, 0.2) is 5.78 Å². The average Bonchev–Trinajstić information content (AvgIpc) is 1.97. The van der Waals surface area contributed by atoms with E-state index in [0.29, 0.717) is 6.42 Å². The molecule has 0 radical (unpaired) electrons. The Morgan fingerprint density at radius 1 is 1.62 bits per heavy atom. The van der Waals surface area contributed by atoms with Crippen LogP contribution in [0.1, 0.15) is 13.3 Å². The average molecular weight is 269 g/mol. The van der Waals surface area contributed by atoms with E-state index in [9.17, 15) is 13.2 Å². The number of carbonyl (C=O) groups excluding carboxylic acids is 1. The van der Waals surface area contributed by atoms with Crippen LogP contribution >= 0.6 is 15.9 Å². The number of hydrogen-bond acceptors (Lipinski definition) is 3. The summed E-state index contributed by atoms with van der Waals surface area (Å²) in [4.78, 5) is 11.2. The van der Waals surface area contributed by atoms with E-state index in [0.717, 1.165) is 0 Å². The van der Waals surface area contributed by atoms with E-state index >= 15 is 0 Å². The SMILES string of the molecule is CC12C(=O)C(Br)C1CC2S(=O)(=O)O. The van der Waals surface area contributed by atoms with Crippen LogP contribution < -0.4 is 0 Å². The first-order valence-electron chi connectivity index (χ1n) is 3.94. The smallest absolute Gasteiger partial charge is 0.268 e. The first kappa shape index (κ1) is 9.61. The largest absolute Gasteiger partial charge is 0.298 e. The molecule has 2 fully saturated rings. The molecule has 74 valence electrons. The van der Waals surface area contributed by atoms with Crippen molar-refractivity contribution in [3.63, 3.8) is 0 Å². The second-order valence-corrected chi connectivity index (χ2v) is 6.48. The summed E-state index contributed by atoms with van der Waals surface area (Å²) in [7, 11) is -4.05. The molecular formula is C7H9BrO4S. The Bertz CT molecular complexity index is 376. The van der Waals surface area contributed by atoms with Gasteiger partial charge in [-0.25, -0.2) is 0 Å². The number of carbonyl (C=O) groups is 1. The van der Waals surface area contributed by atoms with Crippen molar-refractivity contribution in [2.45, 2.75) is 23.4 Å². The van der Waals surface area contributed by atoms with Crippen LogP contribution in [0.15, 0.2) is 0 Å². The fourth-order valence-corrected chi connectivity index (χ4v) is 5.00. The second-order valence-electron chi connectivity index (χ2n) is 3.89. The number of Topliss-reactive ketones (excluding diaryl/α,β-unsaturated/α-hetero) is 1. The third-order valence-corrected chi connectivity index (χ3v) is 5.86. The van der Waals surface area contributed by atoms with E-state index in [2.05, 4.69) is 15.9 Å². The normalized spacial score (nSPS) is 49.2. The van der Waals surface area contributed by atoms with Crippen molar-refractivity contribution < 1.29 is 17.8 Å². The lowest BCUT2D eigenvalue weighted by Gasteiger charge is -2.61. The minimum atomic E-state index is -4.05. The molecule has 0 aliphatic heterocycles. The maximum atomic E-state index is 11.4. The third kappa shape index (κ3) is 0.939. The van der Waals surface area contributed by atoms with Gasteiger partial charge in [0.05, 0.1) is 15.5 Å². The number of ketones is 1. The van der Waals surface area contributed by atoms with Gasteiger partial charge in [-0.3, -0.25) is 9.35 Å². The zero-order chi connectivity index (χ0) is 10.0. The predicted molar refractivity (Wildman–Crippen MR) is 49.3 cm³/mol. The number of fused-ring (bicyclic) bond motifs is 1. The molecule has 6 heteroatoms. The van der Waals surface area contributed by atoms with Gasteiger partial charge < -0.3 is 0 Å². The minimum absolute atomic E-state index is 0.0759. The standard InChI is InChI=1S/C7H9BrO4S/c1-7-3(5(8)6(7)9)2-4(7)13(10,11)12/h3-5H,2H2,1H3,(H,10,11,12). The highest BCUT2D eigenvalue weighted by molar-refractivity contribution is 9.10. The van der Waals surface area contributed by atoms with Crippen molar-refractivity contribution in [2.75, 3.05) is 0 Å². The van der Waals surface area contributed by atoms with Crippen molar-refractivity contribution in [1.82, 2.24) is 0 Å². The Hall–Kier alpha value is 0.0600. The fraction of sp³-hybridized carbons (Fsp3) is 0.857. The van der Waals surface area contributed by atoms with Crippen molar-refractivity contribution >= 4 is 31.8 Å². The highest BCUT2D eigenvalue weighted by Crippen LogP contribution is 2.62. The summed E-state index contributed by atoms with van der Waals surface area (Å²) in [6.45, 7) is 1.61. The third-order valence-electron chi connectivity index (χ3n) is 3.40. The van der Waals surface area contributed by atoms with Gasteiger partial charge in [-0.1, -0.05) is 22.9 Å². The Morgan fingerprint density at radius 2 is 2.15 bits per heavy atom. The van der Waals surface area contributed by atoms with Gasteiger partial charge in [0, 0.05) is 0 Å². The van der Waals surface area contributed by atoms with E-state index in [-0.39, 0.29) is 16.5 Å². The number of rotatable bonds is 1. The summed E-state index contributed by atoms with van der Waals surface area (Å²) in [6.07, 6.45) is 0.386. The molecule has 4 atom stereocenters. The van der Waals surface area contributed by atoms with E-state index in [1.165, 1.54) is 0 Å². The summed E-state index contributed by atoms with van der Waals surface area (Å²) >= 11 is 3.19. The van der Waals surface area contributed by atoms with Gasteiger partial charge in [-0.2, -0.15) is 8.42 Å². The van der Waals surface area contributed by atoms with Gasteiger partial charge >= 0.3 is 0 Å². The van der Waals surface area contributed by atoms with Crippen molar-refractivity contribution in [3.8, 4) is 0 Å². The molecule has 0 heterocycles. The molecule has 13 heavy (non-hydrogen) atoms. The van der Waals surface area contributed by atoms with Gasteiger partial charge in [0.2, 0.25) is 0 Å². The molecular weight excluding hydrogens is 260 g/mol. The van der Waals surface area contributed by atoms with Crippen LogP contribution in [0.25, 0.3) is 0 Å². The zero-order valence-electron chi connectivity index (χ0n) is 6.90. The molecule has 2 aliphatic rings. The van der Waals surface area contributed by atoms with Crippen molar-refractivity contribution in [1.29, 1.82) is 0 Å². The summed E-state index contributed by atoms with van der Waals surface area (Å²) in [6, 6.07) is 0. The van der Waals surface area contributed by atoms with Crippen LogP contribution in [0, 0.1) is 11.3 Å². The highest BCUT2D eigenvalue weighted by atomic mass is 79.9. The van der Waals surface area contributed by atoms with Crippen LogP contribution in [0.3, 0.4) is 0 Å². The van der Waals surface area contributed by atoms with Gasteiger partial charge in [0.1, 0.15) is 0 Å². The molecule has 4 unspecified atom stereocenters. The molecule has 2 aliphatic carbocycles. The van der Waals surface area contributed by atoms with E-state index < -0.39 is 20.8 Å². The lowest BCUT2D eigenvalue weighted by Crippen LogP contribution is -2.72. The monoisotopic (exact) mass is 268 g/mol. The van der Waals surface area contributed by atoms with E-state index in [4.69, 9.17) is 4.55 Å². The maximum Gasteiger partial charge on any atom is 0.268 e. The molecule has 1 N–H and O–H groups in total. The molecule has 0 aromatic rings. The lowest BCUT2D eigenvalue weighted by atomic mass is 9.47. The predicted octanol–water partition coefficient (Wildman–Crippen LogP) is 0.615. The van der Waals surface area contributed by atoms with E-state index in [1.807, 2.05) is 0 Å². The van der Waals surface area contributed by atoms with E-state index in [1.54, 1.807) is 6.92 Å². The Labute approximate surface area is 84.6 Å². The maximum absolute atomic E-state index is 11.4. The Balaban J connectivity index is 2.31. The Kier molecular flexibility index (Phi) is 1.74. The van der Waals surface area contributed by atoms with Crippen LogP contribution in [-0.4, -0.2) is 28.8 Å². The Morgan fingerprint density at radius 3 is 2.54 bits per heavy atom. The van der Waals surface area contributed by atoms with Crippen molar-refractivity contribution in [3.05, 3.63) is 0 Å². The van der Waals surface area contributed by atoms with Crippen LogP contribution in [0.2, 0.25) is 0 Å². The fourth-order valence-electron chi connectivity index (χ4n) is 2.38. The molecule has 0 aromatic heterocycles. The quantitative estimate of drug-likeness (QED) is 0.559. The number of hydrogen-bond donors (Lipinski definition) is 1. The van der Waals surface area contributed by atoms with Gasteiger partial charge in [-0.15, -0.1) is 0 Å². The molecule has 0 bridgehead atoms.